The van der Waals surface area contributed by atoms with E-state index in [1.54, 1.807) is 18.5 Å². The molecular formula is C23H24ClFN4O4S. The summed E-state index contributed by atoms with van der Waals surface area (Å²) in [6, 6.07) is 7.23. The van der Waals surface area contributed by atoms with Gasteiger partial charge in [-0.3, -0.25) is 9.69 Å². The third-order valence-corrected chi connectivity index (χ3v) is 6.74. The maximum atomic E-state index is 13.3. The molecule has 0 bridgehead atoms. The van der Waals surface area contributed by atoms with E-state index < -0.39 is 5.97 Å². The molecular weight excluding hydrogens is 483 g/mol. The Balaban J connectivity index is 0.000000350. The van der Waals surface area contributed by atoms with Crippen molar-refractivity contribution in [3.8, 4) is 0 Å². The Morgan fingerprint density at radius 2 is 2.15 bits per heavy atom. The number of aryl methyl sites for hydroxylation is 1. The van der Waals surface area contributed by atoms with Crippen LogP contribution in [0, 0.1) is 12.7 Å². The average Bonchev–Trinajstić information content (AvgIpc) is 3.10. The number of anilines is 1. The molecule has 3 heterocycles. The first-order valence-electron chi connectivity index (χ1n) is 10.5. The van der Waals surface area contributed by atoms with Crippen molar-refractivity contribution >= 4 is 51.4 Å². The number of carboxylic acid groups (broad SMARTS) is 1. The van der Waals surface area contributed by atoms with Crippen LogP contribution in [0.5, 0.6) is 0 Å². The van der Waals surface area contributed by atoms with Crippen molar-refractivity contribution in [3.63, 3.8) is 0 Å². The molecule has 34 heavy (non-hydrogen) atoms. The first-order chi connectivity index (χ1) is 16.4. The SMILES string of the molecule is Cc1c(Cl)sc2ncnc(NC3CCN(Cc4cccc(F)c4)CC3)c12.O=CO/C=C\C(=O)O. The summed E-state index contributed by atoms with van der Waals surface area (Å²) in [4.78, 5) is 31.0. The third kappa shape index (κ3) is 7.21. The van der Waals surface area contributed by atoms with Crippen LogP contribution < -0.4 is 5.32 Å². The fourth-order valence-electron chi connectivity index (χ4n) is 3.61. The number of nitrogens with zero attached hydrogens (tertiary/aromatic N) is 3. The number of aliphatic carboxylic acids is 1. The quantitative estimate of drug-likeness (QED) is 0.271. The average molecular weight is 507 g/mol. The Morgan fingerprint density at radius 3 is 2.82 bits per heavy atom. The highest BCUT2D eigenvalue weighted by atomic mass is 35.5. The van der Waals surface area contributed by atoms with Crippen molar-refractivity contribution < 1.29 is 23.8 Å². The van der Waals surface area contributed by atoms with Gasteiger partial charge in [0.2, 0.25) is 0 Å². The van der Waals surface area contributed by atoms with Crippen LogP contribution in [0.4, 0.5) is 10.2 Å². The van der Waals surface area contributed by atoms with Crippen LogP contribution in [0.3, 0.4) is 0 Å². The van der Waals surface area contributed by atoms with Crippen molar-refractivity contribution in [1.82, 2.24) is 14.9 Å². The number of hydrogen-bond donors (Lipinski definition) is 2. The van der Waals surface area contributed by atoms with E-state index in [4.69, 9.17) is 16.7 Å². The Hall–Kier alpha value is -3.08. The van der Waals surface area contributed by atoms with Crippen LogP contribution in [0.25, 0.3) is 10.2 Å². The molecule has 3 aromatic rings. The number of rotatable bonds is 7. The summed E-state index contributed by atoms with van der Waals surface area (Å²) in [6.07, 6.45) is 5.15. The van der Waals surface area contributed by atoms with Gasteiger partial charge in [0, 0.05) is 25.7 Å². The highest BCUT2D eigenvalue weighted by Gasteiger charge is 2.21. The first kappa shape index (κ1) is 25.5. The molecule has 1 aliphatic rings. The van der Waals surface area contributed by atoms with Crippen molar-refractivity contribution in [1.29, 1.82) is 0 Å². The van der Waals surface area contributed by atoms with Crippen molar-refractivity contribution in [3.05, 3.63) is 64.2 Å². The van der Waals surface area contributed by atoms with Crippen LogP contribution in [-0.2, 0) is 20.9 Å². The molecule has 0 unspecified atom stereocenters. The van der Waals surface area contributed by atoms with E-state index in [9.17, 15) is 14.0 Å². The van der Waals surface area contributed by atoms with E-state index in [2.05, 4.69) is 24.9 Å². The van der Waals surface area contributed by atoms with Gasteiger partial charge in [-0.25, -0.2) is 19.2 Å². The topological polar surface area (TPSA) is 105 Å². The second kappa shape index (κ2) is 12.4. The molecule has 0 atom stereocenters. The number of carbonyl (C=O) groups is 2. The predicted molar refractivity (Wildman–Crippen MR) is 129 cm³/mol. The summed E-state index contributed by atoms with van der Waals surface area (Å²) < 4.78 is 18.0. The molecule has 11 heteroatoms. The number of aromatic nitrogens is 2. The van der Waals surface area contributed by atoms with Crippen LogP contribution in [0.1, 0.15) is 24.0 Å². The van der Waals surface area contributed by atoms with E-state index in [0.29, 0.717) is 12.1 Å². The molecule has 0 spiro atoms. The standard InChI is InChI=1S/C19H20ClFN4S.C4H4O4/c1-12-16-18(22-11-23-19(16)26-17(12)20)24-15-5-7-25(8-6-15)10-13-3-2-4-14(21)9-13;5-3-8-2-1-4(6)7/h2-4,9,11,15H,5-8,10H2,1H3,(H,22,23,24);1-3H,(H,6,7)/b;2-1-. The number of thiophene rings is 1. The molecule has 0 saturated carbocycles. The van der Waals surface area contributed by atoms with E-state index in [1.807, 2.05) is 13.0 Å². The zero-order valence-corrected chi connectivity index (χ0v) is 20.0. The van der Waals surface area contributed by atoms with Crippen molar-refractivity contribution in [2.75, 3.05) is 18.4 Å². The highest BCUT2D eigenvalue weighted by Crippen LogP contribution is 2.36. The molecule has 8 nitrogen and oxygen atoms in total. The Morgan fingerprint density at radius 1 is 1.38 bits per heavy atom. The monoisotopic (exact) mass is 506 g/mol. The van der Waals surface area contributed by atoms with Gasteiger partial charge in [0.15, 0.2) is 0 Å². The lowest BCUT2D eigenvalue weighted by molar-refractivity contribution is -0.131. The second-order valence-corrected chi connectivity index (χ2v) is 9.20. The van der Waals surface area contributed by atoms with Crippen LogP contribution in [0.2, 0.25) is 4.34 Å². The summed E-state index contributed by atoms with van der Waals surface area (Å²) in [6.45, 7) is 4.90. The van der Waals surface area contributed by atoms with Crippen LogP contribution in [0.15, 0.2) is 42.9 Å². The van der Waals surface area contributed by atoms with Gasteiger partial charge < -0.3 is 15.2 Å². The maximum absolute atomic E-state index is 13.3. The van der Waals surface area contributed by atoms with Gasteiger partial charge in [-0.05, 0) is 43.0 Å². The summed E-state index contributed by atoms with van der Waals surface area (Å²) in [5.74, 6) is -0.442. The van der Waals surface area contributed by atoms with Gasteiger partial charge in [0.05, 0.1) is 15.8 Å². The minimum Gasteiger partial charge on any atom is -0.478 e. The largest absolute Gasteiger partial charge is 0.478 e. The number of benzene rings is 1. The fourth-order valence-corrected chi connectivity index (χ4v) is 4.80. The molecule has 180 valence electrons. The number of carbonyl (C=O) groups excluding carboxylic acids is 1. The molecule has 1 aliphatic heterocycles. The molecule has 4 rings (SSSR count). The van der Waals surface area contributed by atoms with Crippen LogP contribution >= 0.6 is 22.9 Å². The second-order valence-electron chi connectivity index (χ2n) is 7.60. The number of hydrogen-bond acceptors (Lipinski definition) is 8. The summed E-state index contributed by atoms with van der Waals surface area (Å²) in [5.41, 5.74) is 2.07. The zero-order valence-electron chi connectivity index (χ0n) is 18.4. The smallest absolute Gasteiger partial charge is 0.331 e. The van der Waals surface area contributed by atoms with Gasteiger partial charge in [-0.2, -0.15) is 0 Å². The van der Waals surface area contributed by atoms with E-state index in [1.165, 1.54) is 17.4 Å². The minimum absolute atomic E-state index is 0.138. The van der Waals surface area contributed by atoms with Gasteiger partial charge in [-0.1, -0.05) is 23.7 Å². The summed E-state index contributed by atoms with van der Waals surface area (Å²) >= 11 is 7.76. The van der Waals surface area contributed by atoms with Crippen molar-refractivity contribution in [2.45, 2.75) is 32.4 Å². The normalized spacial score (nSPS) is 14.6. The third-order valence-electron chi connectivity index (χ3n) is 5.24. The summed E-state index contributed by atoms with van der Waals surface area (Å²) in [5, 5.41) is 12.5. The molecule has 1 saturated heterocycles. The lowest BCUT2D eigenvalue weighted by Crippen LogP contribution is -2.38. The summed E-state index contributed by atoms with van der Waals surface area (Å²) in [7, 11) is 0. The highest BCUT2D eigenvalue weighted by molar-refractivity contribution is 7.22. The van der Waals surface area contributed by atoms with Crippen LogP contribution in [-0.4, -0.2) is 51.5 Å². The first-order valence-corrected chi connectivity index (χ1v) is 11.7. The molecule has 1 aromatic carbocycles. The molecule has 0 radical (unpaired) electrons. The van der Waals surface area contributed by atoms with Gasteiger partial charge >= 0.3 is 5.97 Å². The molecule has 2 aromatic heterocycles. The molecule has 1 fully saturated rings. The number of likely N-dealkylation sites (tertiary alicyclic amines) is 1. The number of ether oxygens (including phenoxy) is 1. The molecule has 2 N–H and O–H groups in total. The van der Waals surface area contributed by atoms with E-state index in [-0.39, 0.29) is 12.3 Å². The fraction of sp³-hybridized carbons (Fsp3) is 0.304. The molecule has 0 amide bonds. The number of nitrogens with one attached hydrogen (secondary N) is 1. The Bertz CT molecular complexity index is 1170. The number of piperidine rings is 1. The lowest BCUT2D eigenvalue weighted by atomic mass is 10.0. The minimum atomic E-state index is -1.15. The van der Waals surface area contributed by atoms with Gasteiger partial charge in [0.1, 0.15) is 29.1 Å². The predicted octanol–water partition coefficient (Wildman–Crippen LogP) is 4.63. The van der Waals surface area contributed by atoms with Gasteiger partial charge in [-0.15, -0.1) is 11.3 Å². The zero-order chi connectivity index (χ0) is 24.5. The lowest BCUT2D eigenvalue weighted by Gasteiger charge is -2.32. The van der Waals surface area contributed by atoms with E-state index >= 15 is 0 Å². The van der Waals surface area contributed by atoms with E-state index in [0.717, 1.165) is 70.2 Å². The van der Waals surface area contributed by atoms with Gasteiger partial charge in [0.25, 0.3) is 6.47 Å². The molecule has 0 aliphatic carbocycles. The maximum Gasteiger partial charge on any atom is 0.331 e. The van der Waals surface area contributed by atoms with Crippen molar-refractivity contribution in [2.24, 2.45) is 0 Å². The Kier molecular flexibility index (Phi) is 9.32. The number of fused-ring (bicyclic) bond motifs is 1. The number of carboxylic acids is 1. The Labute approximate surface area is 205 Å². The number of halogens is 2.